The topological polar surface area (TPSA) is 52.8 Å². The molecule has 1 aromatic heterocycles. The van der Waals surface area contributed by atoms with Crippen molar-refractivity contribution in [2.45, 2.75) is 25.8 Å². The summed E-state index contributed by atoms with van der Waals surface area (Å²) in [6, 6.07) is 22.1. The van der Waals surface area contributed by atoms with Gasteiger partial charge in [0.05, 0.1) is 34.5 Å². The molecule has 0 bridgehead atoms. The number of allylic oxidation sites excluding steroid dienone is 1. The monoisotopic (exact) mass is 572 g/mol. The Morgan fingerprint density at radius 3 is 2.78 bits per heavy atom. The SMILES string of the molecule is CCOc1ccc(/C=c2/sc3n(c2=O)[C@H](c2cccc(OC)c2)C2=C(N=3)c3ccccc3CC2)cc1Br. The maximum atomic E-state index is 13.9. The van der Waals surface area contributed by atoms with Crippen molar-refractivity contribution in [2.75, 3.05) is 13.7 Å². The smallest absolute Gasteiger partial charge is 0.271 e. The number of ether oxygens (including phenoxy) is 2. The van der Waals surface area contributed by atoms with Gasteiger partial charge < -0.3 is 9.47 Å². The minimum absolute atomic E-state index is 0.0352. The lowest BCUT2D eigenvalue weighted by Gasteiger charge is -2.31. The Balaban J connectivity index is 1.57. The highest BCUT2D eigenvalue weighted by molar-refractivity contribution is 9.10. The lowest BCUT2D eigenvalue weighted by Crippen LogP contribution is -2.38. The fourth-order valence-corrected chi connectivity index (χ4v) is 6.68. The first-order valence-corrected chi connectivity index (χ1v) is 13.9. The molecule has 0 saturated heterocycles. The quantitative estimate of drug-likeness (QED) is 0.318. The minimum atomic E-state index is -0.232. The summed E-state index contributed by atoms with van der Waals surface area (Å²) in [6.07, 6.45) is 3.71. The van der Waals surface area contributed by atoms with E-state index in [0.717, 1.165) is 51.2 Å². The fourth-order valence-electron chi connectivity index (χ4n) is 5.16. The number of methoxy groups -OCH3 is 1. The van der Waals surface area contributed by atoms with Gasteiger partial charge in [-0.2, -0.15) is 0 Å². The standard InChI is InChI=1S/C30H25BrN2O3S/c1-3-36-25-14-11-18(15-24(25)31)16-26-29(34)33-28(20-8-6-9-21(17-20)35-2)23-13-12-19-7-4-5-10-22(19)27(23)32-30(33)37-26/h4-11,14-17,28H,3,12-13H2,1-2H3/b26-16+/t28-/m1/s1. The molecule has 0 unspecified atom stereocenters. The van der Waals surface area contributed by atoms with Crippen LogP contribution in [0.1, 0.15) is 41.6 Å². The third kappa shape index (κ3) is 4.26. The molecule has 2 heterocycles. The molecule has 7 heteroatoms. The number of hydrogen-bond donors (Lipinski definition) is 0. The Bertz CT molecular complexity index is 1730. The van der Waals surface area contributed by atoms with Crippen LogP contribution in [0.25, 0.3) is 11.8 Å². The van der Waals surface area contributed by atoms with Gasteiger partial charge in [-0.05, 0) is 88.3 Å². The molecule has 6 rings (SSSR count). The molecule has 186 valence electrons. The van der Waals surface area contributed by atoms with Crippen molar-refractivity contribution in [3.8, 4) is 11.5 Å². The number of thiazole rings is 1. The summed E-state index contributed by atoms with van der Waals surface area (Å²) in [5.74, 6) is 1.56. The lowest BCUT2D eigenvalue weighted by molar-refractivity contribution is 0.338. The van der Waals surface area contributed by atoms with E-state index in [9.17, 15) is 4.79 Å². The summed E-state index contributed by atoms with van der Waals surface area (Å²) < 4.78 is 14.5. The summed E-state index contributed by atoms with van der Waals surface area (Å²) in [5.41, 5.74) is 6.54. The number of hydrogen-bond acceptors (Lipinski definition) is 5. The molecular formula is C30H25BrN2O3S. The van der Waals surface area contributed by atoms with Crippen molar-refractivity contribution < 1.29 is 9.47 Å². The summed E-state index contributed by atoms with van der Waals surface area (Å²) in [6.45, 7) is 2.55. The van der Waals surface area contributed by atoms with E-state index in [2.05, 4.69) is 46.3 Å². The summed E-state index contributed by atoms with van der Waals surface area (Å²) >= 11 is 5.02. The van der Waals surface area contributed by atoms with Gasteiger partial charge in [-0.25, -0.2) is 4.99 Å². The van der Waals surface area contributed by atoms with Gasteiger partial charge in [0.2, 0.25) is 0 Å². The van der Waals surface area contributed by atoms with Crippen LogP contribution in [0.15, 0.2) is 86.6 Å². The van der Waals surface area contributed by atoms with Crippen molar-refractivity contribution in [2.24, 2.45) is 4.99 Å². The van der Waals surface area contributed by atoms with Crippen LogP contribution in [0.3, 0.4) is 0 Å². The molecular weight excluding hydrogens is 548 g/mol. The van der Waals surface area contributed by atoms with Gasteiger partial charge in [0.1, 0.15) is 11.5 Å². The molecule has 0 saturated carbocycles. The number of rotatable bonds is 5. The number of fused-ring (bicyclic) bond motifs is 3. The number of nitrogens with zero attached hydrogens (tertiary/aromatic N) is 2. The van der Waals surface area contributed by atoms with E-state index in [1.807, 2.05) is 54.0 Å². The second-order valence-electron chi connectivity index (χ2n) is 9.01. The van der Waals surface area contributed by atoms with Gasteiger partial charge in [0, 0.05) is 5.56 Å². The van der Waals surface area contributed by atoms with Gasteiger partial charge in [-0.1, -0.05) is 53.8 Å². The van der Waals surface area contributed by atoms with Crippen LogP contribution in [-0.2, 0) is 6.42 Å². The second kappa shape index (κ2) is 9.80. The number of halogens is 1. The van der Waals surface area contributed by atoms with Crippen molar-refractivity contribution >= 4 is 39.0 Å². The van der Waals surface area contributed by atoms with Crippen LogP contribution in [0, 0.1) is 0 Å². The fraction of sp³-hybridized carbons (Fsp3) is 0.200. The summed E-state index contributed by atoms with van der Waals surface area (Å²) in [7, 11) is 1.67. The van der Waals surface area contributed by atoms with Crippen molar-refractivity contribution in [1.82, 2.24) is 4.57 Å². The molecule has 0 N–H and O–H groups in total. The Hall–Kier alpha value is -3.42. The third-order valence-electron chi connectivity index (χ3n) is 6.84. The van der Waals surface area contributed by atoms with Crippen LogP contribution in [-0.4, -0.2) is 18.3 Å². The van der Waals surface area contributed by atoms with E-state index < -0.39 is 0 Å². The zero-order valence-corrected chi connectivity index (χ0v) is 22.9. The van der Waals surface area contributed by atoms with Gasteiger partial charge in [0.15, 0.2) is 4.80 Å². The van der Waals surface area contributed by atoms with E-state index in [1.165, 1.54) is 22.5 Å². The molecule has 0 amide bonds. The Kier molecular flexibility index (Phi) is 6.34. The highest BCUT2D eigenvalue weighted by Crippen LogP contribution is 2.41. The van der Waals surface area contributed by atoms with Gasteiger partial charge >= 0.3 is 0 Å². The first-order chi connectivity index (χ1) is 18.1. The molecule has 37 heavy (non-hydrogen) atoms. The van der Waals surface area contributed by atoms with E-state index >= 15 is 0 Å². The average molecular weight is 574 g/mol. The largest absolute Gasteiger partial charge is 0.497 e. The molecule has 3 aromatic carbocycles. The number of aromatic nitrogens is 1. The number of aryl methyl sites for hydroxylation is 1. The summed E-state index contributed by atoms with van der Waals surface area (Å²) in [5, 5.41) is 0. The molecule has 0 spiro atoms. The van der Waals surface area contributed by atoms with Gasteiger partial charge in [-0.3, -0.25) is 9.36 Å². The van der Waals surface area contributed by atoms with E-state index in [1.54, 1.807) is 7.11 Å². The third-order valence-corrected chi connectivity index (χ3v) is 8.44. The minimum Gasteiger partial charge on any atom is -0.497 e. The molecule has 4 aromatic rings. The van der Waals surface area contributed by atoms with Crippen molar-refractivity contribution in [1.29, 1.82) is 0 Å². The Morgan fingerprint density at radius 2 is 1.97 bits per heavy atom. The highest BCUT2D eigenvalue weighted by atomic mass is 79.9. The Labute approximate surface area is 227 Å². The molecule has 0 fully saturated rings. The zero-order valence-electron chi connectivity index (χ0n) is 20.5. The van der Waals surface area contributed by atoms with Crippen molar-refractivity contribution in [3.05, 3.63) is 119 Å². The van der Waals surface area contributed by atoms with Crippen LogP contribution < -0.4 is 24.4 Å². The first-order valence-electron chi connectivity index (χ1n) is 12.3. The van der Waals surface area contributed by atoms with Crippen molar-refractivity contribution in [3.63, 3.8) is 0 Å². The van der Waals surface area contributed by atoms with Crippen LogP contribution in [0.4, 0.5) is 0 Å². The van der Waals surface area contributed by atoms with Crippen LogP contribution >= 0.6 is 27.3 Å². The normalized spacial score (nSPS) is 16.5. The maximum Gasteiger partial charge on any atom is 0.271 e. The predicted octanol–water partition coefficient (Wildman–Crippen LogP) is 5.49. The molecule has 0 radical (unpaired) electrons. The van der Waals surface area contributed by atoms with E-state index in [0.29, 0.717) is 15.9 Å². The second-order valence-corrected chi connectivity index (χ2v) is 10.9. The lowest BCUT2D eigenvalue weighted by atomic mass is 9.83. The van der Waals surface area contributed by atoms with Crippen LogP contribution in [0.5, 0.6) is 11.5 Å². The van der Waals surface area contributed by atoms with Crippen LogP contribution in [0.2, 0.25) is 0 Å². The van der Waals surface area contributed by atoms with Gasteiger partial charge in [0.25, 0.3) is 5.56 Å². The molecule has 1 aliphatic carbocycles. The highest BCUT2D eigenvalue weighted by Gasteiger charge is 2.32. The molecule has 1 aliphatic heterocycles. The molecule has 5 nitrogen and oxygen atoms in total. The summed E-state index contributed by atoms with van der Waals surface area (Å²) in [4.78, 5) is 19.7. The average Bonchev–Trinajstić information content (AvgIpc) is 3.23. The van der Waals surface area contributed by atoms with E-state index in [-0.39, 0.29) is 11.6 Å². The van der Waals surface area contributed by atoms with Gasteiger partial charge in [-0.15, -0.1) is 0 Å². The number of benzene rings is 3. The Morgan fingerprint density at radius 1 is 1.11 bits per heavy atom. The van der Waals surface area contributed by atoms with E-state index in [4.69, 9.17) is 14.5 Å². The molecule has 2 aliphatic rings. The zero-order chi connectivity index (χ0) is 25.5. The maximum absolute atomic E-state index is 13.9. The predicted molar refractivity (Wildman–Crippen MR) is 151 cm³/mol. The molecule has 1 atom stereocenters. The first kappa shape index (κ1) is 23.9.